The lowest BCUT2D eigenvalue weighted by Gasteiger charge is -2.31. The fraction of sp³-hybridized carbons (Fsp3) is 0.0526. The van der Waals surface area contributed by atoms with Crippen LogP contribution in [-0.2, 0) is 0 Å². The second-order valence-electron chi connectivity index (χ2n) is 5.83. The van der Waals surface area contributed by atoms with Crippen LogP contribution in [0.15, 0.2) is 70.5 Å². The van der Waals surface area contributed by atoms with Crippen molar-refractivity contribution in [3.05, 3.63) is 86.1 Å². The zero-order valence-corrected chi connectivity index (χ0v) is 16.9. The molecule has 142 valence electrons. The second-order valence-corrected chi connectivity index (χ2v) is 7.50. The van der Waals surface area contributed by atoms with Crippen LogP contribution >= 0.6 is 39.1 Å². The number of carbonyl (C=O) groups excluding carboxylic acids is 1. The van der Waals surface area contributed by atoms with Crippen molar-refractivity contribution in [2.24, 2.45) is 0 Å². The molecule has 3 nitrogen and oxygen atoms in total. The Kier molecular flexibility index (Phi) is 5.43. The van der Waals surface area contributed by atoms with E-state index in [2.05, 4.69) is 15.9 Å². The number of quaternary nitrogens is 1. The number of amides is 1. The summed E-state index contributed by atoms with van der Waals surface area (Å²) in [6, 6.07) is 12.7. The van der Waals surface area contributed by atoms with Crippen LogP contribution in [0, 0.1) is 11.3 Å². The standard InChI is InChI=1S/C19H9BrCl2F3N2O/c20-16-12(9-26)10-27(17(16)19(23,24)25,15-6-4-13(21)5-7-15)18(28)11-2-1-3-14(22)8-11/h1-8,10H/q+1. The minimum atomic E-state index is -4.91. The van der Waals surface area contributed by atoms with Gasteiger partial charge >= 0.3 is 12.1 Å². The number of hydrogen-bond donors (Lipinski definition) is 0. The number of rotatable bonds is 2. The first-order valence-corrected chi connectivity index (χ1v) is 9.22. The summed E-state index contributed by atoms with van der Waals surface area (Å²) < 4.78 is 40.4. The number of allylic oxidation sites excluding steroid dienone is 3. The van der Waals surface area contributed by atoms with Crippen LogP contribution in [0.2, 0.25) is 10.0 Å². The van der Waals surface area contributed by atoms with Gasteiger partial charge in [-0.05, 0) is 46.3 Å². The number of carbonyl (C=O) groups is 1. The fourth-order valence-corrected chi connectivity index (χ4v) is 3.99. The predicted molar refractivity (Wildman–Crippen MR) is 105 cm³/mol. The van der Waals surface area contributed by atoms with E-state index in [4.69, 9.17) is 23.2 Å². The lowest BCUT2D eigenvalue weighted by atomic mass is 10.1. The maximum absolute atomic E-state index is 14.1. The minimum Gasteiger partial charge on any atom is -0.224 e. The number of hydrogen-bond acceptors (Lipinski definition) is 2. The lowest BCUT2D eigenvalue weighted by Crippen LogP contribution is -2.51. The Bertz CT molecular complexity index is 1070. The molecule has 3 rings (SSSR count). The van der Waals surface area contributed by atoms with Crippen LogP contribution < -0.4 is 4.48 Å². The Morgan fingerprint density at radius 3 is 2.25 bits per heavy atom. The van der Waals surface area contributed by atoms with Gasteiger partial charge in [0.2, 0.25) is 5.70 Å². The quantitative estimate of drug-likeness (QED) is 0.439. The first-order valence-electron chi connectivity index (χ1n) is 7.67. The molecule has 1 aliphatic rings. The van der Waals surface area contributed by atoms with Gasteiger partial charge in [-0.15, -0.1) is 0 Å². The van der Waals surface area contributed by atoms with Gasteiger partial charge in [0.15, 0.2) is 5.69 Å². The number of halogens is 6. The number of alkyl halides is 3. The molecule has 0 N–H and O–H groups in total. The highest BCUT2D eigenvalue weighted by atomic mass is 79.9. The van der Waals surface area contributed by atoms with Gasteiger partial charge in [-0.3, -0.25) is 0 Å². The Labute approximate surface area is 176 Å². The molecule has 28 heavy (non-hydrogen) atoms. The third-order valence-electron chi connectivity index (χ3n) is 4.13. The molecule has 0 saturated carbocycles. The molecule has 1 amide bonds. The van der Waals surface area contributed by atoms with Crippen molar-refractivity contribution in [1.82, 2.24) is 4.48 Å². The maximum atomic E-state index is 14.1. The number of nitriles is 1. The molecular weight excluding hydrogens is 480 g/mol. The van der Waals surface area contributed by atoms with Gasteiger partial charge in [-0.2, -0.15) is 22.9 Å². The molecule has 2 aromatic carbocycles. The minimum absolute atomic E-state index is 0.0242. The zero-order chi connectivity index (χ0) is 20.7. The highest BCUT2D eigenvalue weighted by Crippen LogP contribution is 2.49. The molecule has 0 aromatic heterocycles. The van der Waals surface area contributed by atoms with Gasteiger partial charge in [-0.1, -0.05) is 29.3 Å². The van der Waals surface area contributed by atoms with Crippen LogP contribution in [0.1, 0.15) is 10.4 Å². The van der Waals surface area contributed by atoms with Gasteiger partial charge in [0.05, 0.1) is 5.56 Å². The second kappa shape index (κ2) is 7.37. The Hall–Kier alpha value is -2.11. The van der Waals surface area contributed by atoms with Crippen LogP contribution in [-0.4, -0.2) is 12.1 Å². The summed E-state index contributed by atoms with van der Waals surface area (Å²) in [5, 5.41) is 9.81. The molecule has 0 saturated heterocycles. The van der Waals surface area contributed by atoms with Crippen molar-refractivity contribution in [1.29, 1.82) is 5.26 Å². The molecule has 0 aliphatic carbocycles. The average Bonchev–Trinajstić information content (AvgIpc) is 2.95. The van der Waals surface area contributed by atoms with Crippen molar-refractivity contribution >= 4 is 50.7 Å². The Morgan fingerprint density at radius 2 is 1.71 bits per heavy atom. The van der Waals surface area contributed by atoms with E-state index >= 15 is 0 Å². The molecule has 0 spiro atoms. The molecule has 1 heterocycles. The van der Waals surface area contributed by atoms with Crippen LogP contribution in [0.4, 0.5) is 18.9 Å². The van der Waals surface area contributed by atoms with Crippen molar-refractivity contribution in [3.8, 4) is 6.07 Å². The van der Waals surface area contributed by atoms with Crippen LogP contribution in [0.5, 0.6) is 0 Å². The fourth-order valence-electron chi connectivity index (χ4n) is 2.98. The monoisotopic (exact) mass is 487 g/mol. The highest BCUT2D eigenvalue weighted by Gasteiger charge is 2.60. The smallest absolute Gasteiger partial charge is 0.224 e. The average molecular weight is 489 g/mol. The van der Waals surface area contributed by atoms with Gasteiger partial charge < -0.3 is 0 Å². The molecule has 1 aliphatic heterocycles. The normalized spacial score (nSPS) is 19.4. The first-order chi connectivity index (χ1) is 13.1. The van der Waals surface area contributed by atoms with E-state index in [9.17, 15) is 23.2 Å². The van der Waals surface area contributed by atoms with E-state index < -0.39 is 26.7 Å². The Morgan fingerprint density at radius 1 is 1.07 bits per heavy atom. The third kappa shape index (κ3) is 3.38. The topological polar surface area (TPSA) is 40.9 Å². The molecule has 1 atom stereocenters. The van der Waals surface area contributed by atoms with Crippen molar-refractivity contribution in [2.75, 3.05) is 0 Å². The van der Waals surface area contributed by atoms with E-state index in [-0.39, 0.29) is 26.9 Å². The zero-order valence-electron chi connectivity index (χ0n) is 13.8. The largest absolute Gasteiger partial charge is 0.469 e. The van der Waals surface area contributed by atoms with E-state index in [0.29, 0.717) is 0 Å². The lowest BCUT2D eigenvalue weighted by molar-refractivity contribution is -0.104. The van der Waals surface area contributed by atoms with E-state index in [1.165, 1.54) is 48.5 Å². The molecule has 9 heteroatoms. The summed E-state index contributed by atoms with van der Waals surface area (Å²) in [5.74, 6) is -0.917. The molecule has 2 aromatic rings. The van der Waals surface area contributed by atoms with Crippen LogP contribution in [0.25, 0.3) is 0 Å². The van der Waals surface area contributed by atoms with E-state index in [1.54, 1.807) is 6.07 Å². The SMILES string of the molecule is N#CC1=C[N+](C(=O)c2cccc(Cl)c2)(c2ccc(Cl)cc2)C(C(F)(F)F)=C1Br. The van der Waals surface area contributed by atoms with Crippen molar-refractivity contribution < 1.29 is 18.0 Å². The summed E-state index contributed by atoms with van der Waals surface area (Å²) in [6.45, 7) is 0. The number of nitrogens with zero attached hydrogens (tertiary/aromatic N) is 2. The predicted octanol–water partition coefficient (Wildman–Crippen LogP) is 6.73. The number of benzene rings is 2. The molecule has 0 radical (unpaired) electrons. The van der Waals surface area contributed by atoms with Gasteiger partial charge in [-0.25, -0.2) is 4.79 Å². The maximum Gasteiger partial charge on any atom is 0.469 e. The van der Waals surface area contributed by atoms with E-state index in [0.717, 1.165) is 6.20 Å². The summed E-state index contributed by atoms with van der Waals surface area (Å²) in [6.07, 6.45) is -3.94. The molecule has 1 unspecified atom stereocenters. The summed E-state index contributed by atoms with van der Waals surface area (Å²) >= 11 is 14.7. The van der Waals surface area contributed by atoms with E-state index in [1.807, 2.05) is 0 Å². The first kappa shape index (κ1) is 20.6. The van der Waals surface area contributed by atoms with Gasteiger partial charge in [0.25, 0.3) is 0 Å². The Balaban J connectivity index is 2.39. The summed E-state index contributed by atoms with van der Waals surface area (Å²) in [7, 11) is 0. The molecular formula is C19H9BrCl2F3N2O+. The van der Waals surface area contributed by atoms with Crippen molar-refractivity contribution in [3.63, 3.8) is 0 Å². The molecule has 0 bridgehead atoms. The van der Waals surface area contributed by atoms with Gasteiger partial charge in [0, 0.05) is 22.2 Å². The summed E-state index contributed by atoms with van der Waals surface area (Å²) in [4.78, 5) is 13.4. The van der Waals surface area contributed by atoms with Gasteiger partial charge in [0.1, 0.15) is 22.3 Å². The molecule has 0 fully saturated rings. The van der Waals surface area contributed by atoms with Crippen molar-refractivity contribution in [2.45, 2.75) is 6.18 Å². The third-order valence-corrected chi connectivity index (χ3v) is 5.42. The van der Waals surface area contributed by atoms with Crippen LogP contribution in [0.3, 0.4) is 0 Å². The highest BCUT2D eigenvalue weighted by molar-refractivity contribution is 9.12. The summed E-state index contributed by atoms with van der Waals surface area (Å²) in [5.41, 5.74) is -1.60.